The minimum Gasteiger partial charge on any atom is -0.383 e. The zero-order valence-electron chi connectivity index (χ0n) is 12.4. The molecule has 2 N–H and O–H groups in total. The first-order valence-electron chi connectivity index (χ1n) is 7.72. The molecule has 2 fully saturated rings. The normalized spacial score (nSPS) is 25.8. The zero-order valence-corrected chi connectivity index (χ0v) is 12.4. The number of nitrogens with two attached hydrogens (primary N) is 1. The Morgan fingerprint density at radius 3 is 3.00 bits per heavy atom. The molecule has 0 spiro atoms. The van der Waals surface area contributed by atoms with Crippen molar-refractivity contribution in [2.45, 2.75) is 58.1 Å². The van der Waals surface area contributed by atoms with Crippen molar-refractivity contribution >= 4 is 11.6 Å². The highest BCUT2D eigenvalue weighted by Crippen LogP contribution is 2.34. The Bertz CT molecular complexity index is 491. The third kappa shape index (κ3) is 2.35. The van der Waals surface area contributed by atoms with Gasteiger partial charge in [-0.15, -0.1) is 0 Å². The highest BCUT2D eigenvalue weighted by molar-refractivity contribution is 5.57. The monoisotopic (exact) mass is 276 g/mol. The number of nitrogens with zero attached hydrogens (tertiary/aromatic N) is 3. The Labute approximate surface area is 120 Å². The lowest BCUT2D eigenvalue weighted by atomic mass is 10.1. The van der Waals surface area contributed by atoms with Crippen molar-refractivity contribution in [3.8, 4) is 0 Å². The van der Waals surface area contributed by atoms with Gasteiger partial charge in [0.25, 0.3) is 0 Å². The summed E-state index contributed by atoms with van der Waals surface area (Å²) >= 11 is 0. The molecule has 0 amide bonds. The summed E-state index contributed by atoms with van der Waals surface area (Å²) in [6, 6.07) is 0.464. The van der Waals surface area contributed by atoms with Crippen molar-refractivity contribution in [3.63, 3.8) is 0 Å². The van der Waals surface area contributed by atoms with Crippen LogP contribution in [0.5, 0.6) is 0 Å². The molecule has 1 aliphatic carbocycles. The zero-order chi connectivity index (χ0) is 14.1. The molecule has 0 radical (unpaired) electrons. The van der Waals surface area contributed by atoms with Crippen LogP contribution in [-0.4, -0.2) is 35.3 Å². The van der Waals surface area contributed by atoms with Gasteiger partial charge < -0.3 is 15.4 Å². The second-order valence-corrected chi connectivity index (χ2v) is 5.82. The Kier molecular flexibility index (Phi) is 3.78. The summed E-state index contributed by atoms with van der Waals surface area (Å²) in [6.07, 6.45) is 5.90. The van der Waals surface area contributed by atoms with E-state index >= 15 is 0 Å². The predicted octanol–water partition coefficient (Wildman–Crippen LogP) is 2.08. The Morgan fingerprint density at radius 2 is 2.20 bits per heavy atom. The molecule has 1 aromatic rings. The van der Waals surface area contributed by atoms with Gasteiger partial charge in [0.1, 0.15) is 17.5 Å². The van der Waals surface area contributed by atoms with E-state index in [1.165, 1.54) is 19.3 Å². The van der Waals surface area contributed by atoms with Crippen LogP contribution in [0.1, 0.15) is 44.0 Å². The molecule has 2 heterocycles. The van der Waals surface area contributed by atoms with E-state index in [-0.39, 0.29) is 0 Å². The molecule has 1 saturated heterocycles. The summed E-state index contributed by atoms with van der Waals surface area (Å²) in [6.45, 7) is 5.86. The van der Waals surface area contributed by atoms with E-state index in [4.69, 9.17) is 15.5 Å². The van der Waals surface area contributed by atoms with Gasteiger partial charge in [-0.1, -0.05) is 6.92 Å². The van der Waals surface area contributed by atoms with Crippen molar-refractivity contribution in [1.82, 2.24) is 9.97 Å². The molecule has 1 aliphatic heterocycles. The van der Waals surface area contributed by atoms with Gasteiger partial charge in [0.2, 0.25) is 0 Å². The SMILES string of the molecule is CCCc1nc(N)c(C)c(N2CCOC3CCCC32)n1. The summed E-state index contributed by atoms with van der Waals surface area (Å²) in [7, 11) is 0. The Balaban J connectivity index is 1.95. The first-order chi connectivity index (χ1) is 9.70. The van der Waals surface area contributed by atoms with Crippen molar-refractivity contribution in [1.29, 1.82) is 0 Å². The van der Waals surface area contributed by atoms with E-state index in [0.717, 1.165) is 43.2 Å². The van der Waals surface area contributed by atoms with Crippen LogP contribution in [0.3, 0.4) is 0 Å². The van der Waals surface area contributed by atoms with Crippen molar-refractivity contribution in [2.24, 2.45) is 0 Å². The first-order valence-corrected chi connectivity index (χ1v) is 7.72. The molecule has 0 aromatic carbocycles. The predicted molar refractivity (Wildman–Crippen MR) is 79.9 cm³/mol. The number of nitrogen functional groups attached to an aromatic ring is 1. The minimum absolute atomic E-state index is 0.369. The molecule has 1 saturated carbocycles. The smallest absolute Gasteiger partial charge is 0.137 e. The summed E-state index contributed by atoms with van der Waals surface area (Å²) in [5, 5.41) is 0. The van der Waals surface area contributed by atoms with Crippen LogP contribution in [0.2, 0.25) is 0 Å². The van der Waals surface area contributed by atoms with Crippen LogP contribution in [0.4, 0.5) is 11.6 Å². The fraction of sp³-hybridized carbons (Fsp3) is 0.733. The fourth-order valence-electron chi connectivity index (χ4n) is 3.37. The van der Waals surface area contributed by atoms with Gasteiger partial charge in [-0.05, 0) is 32.6 Å². The lowest BCUT2D eigenvalue weighted by molar-refractivity contribution is 0.0252. The van der Waals surface area contributed by atoms with Crippen molar-refractivity contribution < 1.29 is 4.74 Å². The van der Waals surface area contributed by atoms with E-state index in [1.807, 2.05) is 6.92 Å². The summed E-state index contributed by atoms with van der Waals surface area (Å²) in [5.74, 6) is 2.52. The van der Waals surface area contributed by atoms with E-state index in [1.54, 1.807) is 0 Å². The molecule has 110 valence electrons. The molecule has 20 heavy (non-hydrogen) atoms. The van der Waals surface area contributed by atoms with Crippen LogP contribution in [0.25, 0.3) is 0 Å². The van der Waals surface area contributed by atoms with Crippen molar-refractivity contribution in [3.05, 3.63) is 11.4 Å². The average Bonchev–Trinajstić information content (AvgIpc) is 2.91. The lowest BCUT2D eigenvalue weighted by Crippen LogP contribution is -2.49. The van der Waals surface area contributed by atoms with Gasteiger partial charge in [-0.25, -0.2) is 9.97 Å². The van der Waals surface area contributed by atoms with Gasteiger partial charge in [0, 0.05) is 18.5 Å². The van der Waals surface area contributed by atoms with Gasteiger partial charge in [-0.2, -0.15) is 0 Å². The first kappa shape index (κ1) is 13.6. The Hall–Kier alpha value is -1.36. The van der Waals surface area contributed by atoms with E-state index in [2.05, 4.69) is 16.8 Å². The van der Waals surface area contributed by atoms with Gasteiger partial charge in [-0.3, -0.25) is 0 Å². The van der Waals surface area contributed by atoms with Crippen LogP contribution in [0, 0.1) is 6.92 Å². The molecule has 0 bridgehead atoms. The third-order valence-corrected chi connectivity index (χ3v) is 4.43. The van der Waals surface area contributed by atoms with Crippen molar-refractivity contribution in [2.75, 3.05) is 23.8 Å². The number of fused-ring (bicyclic) bond motifs is 1. The van der Waals surface area contributed by atoms with Crippen LogP contribution < -0.4 is 10.6 Å². The minimum atomic E-state index is 0.369. The maximum atomic E-state index is 6.09. The second kappa shape index (κ2) is 5.56. The number of rotatable bonds is 3. The number of hydrogen-bond acceptors (Lipinski definition) is 5. The second-order valence-electron chi connectivity index (χ2n) is 5.82. The quantitative estimate of drug-likeness (QED) is 0.915. The molecule has 5 nitrogen and oxygen atoms in total. The standard InChI is InChI=1S/C15H24N4O/c1-3-5-13-17-14(16)10(2)15(18-13)19-8-9-20-12-7-4-6-11(12)19/h11-12H,3-9H2,1-2H3,(H2,16,17,18). The average molecular weight is 276 g/mol. The largest absolute Gasteiger partial charge is 0.383 e. The van der Waals surface area contributed by atoms with Gasteiger partial charge in [0.15, 0.2) is 0 Å². The van der Waals surface area contributed by atoms with Crippen LogP contribution in [0.15, 0.2) is 0 Å². The number of aromatic nitrogens is 2. The lowest BCUT2D eigenvalue weighted by Gasteiger charge is -2.39. The third-order valence-electron chi connectivity index (χ3n) is 4.43. The van der Waals surface area contributed by atoms with Gasteiger partial charge in [0.05, 0.1) is 18.8 Å². The van der Waals surface area contributed by atoms with Crippen LogP contribution >= 0.6 is 0 Å². The van der Waals surface area contributed by atoms with Gasteiger partial charge >= 0.3 is 0 Å². The maximum Gasteiger partial charge on any atom is 0.137 e. The van der Waals surface area contributed by atoms with E-state index < -0.39 is 0 Å². The number of hydrogen-bond donors (Lipinski definition) is 1. The highest BCUT2D eigenvalue weighted by Gasteiger charge is 2.37. The number of morpholine rings is 1. The number of anilines is 2. The molecule has 2 atom stereocenters. The number of ether oxygens (including phenoxy) is 1. The molecule has 1 aromatic heterocycles. The molecule has 5 heteroatoms. The number of aryl methyl sites for hydroxylation is 1. The summed E-state index contributed by atoms with van der Waals surface area (Å²) in [4.78, 5) is 11.6. The molecular weight excluding hydrogens is 252 g/mol. The molecule has 2 aliphatic rings. The highest BCUT2D eigenvalue weighted by atomic mass is 16.5. The molecular formula is C15H24N4O. The molecule has 3 rings (SSSR count). The summed E-state index contributed by atoms with van der Waals surface area (Å²) < 4.78 is 5.89. The molecule has 2 unspecified atom stereocenters. The van der Waals surface area contributed by atoms with Crippen LogP contribution in [-0.2, 0) is 11.2 Å². The van der Waals surface area contributed by atoms with E-state index in [0.29, 0.717) is 18.0 Å². The maximum absolute atomic E-state index is 6.09. The Morgan fingerprint density at radius 1 is 1.35 bits per heavy atom. The van der Waals surface area contributed by atoms with E-state index in [9.17, 15) is 0 Å². The topological polar surface area (TPSA) is 64.3 Å². The fourth-order valence-corrected chi connectivity index (χ4v) is 3.37. The summed E-state index contributed by atoms with van der Waals surface area (Å²) in [5.41, 5.74) is 7.10.